The Morgan fingerprint density at radius 1 is 1.14 bits per heavy atom. The number of hydrogen-bond acceptors (Lipinski definition) is 3. The molecular weight excluding hydrogens is 262 g/mol. The molecule has 0 atom stereocenters. The molecule has 1 aliphatic rings. The normalized spacial score (nSPS) is 15.5. The van der Waals surface area contributed by atoms with Gasteiger partial charge in [-0.05, 0) is 44.3 Å². The maximum Gasteiger partial charge on any atom is 0.163 e. The first-order chi connectivity index (χ1) is 10.3. The largest absolute Gasteiger partial charge is 0.491 e. The summed E-state index contributed by atoms with van der Waals surface area (Å²) in [6, 6.07) is 11.9. The molecule has 110 valence electrons. The first-order valence-electron chi connectivity index (χ1n) is 7.63. The monoisotopic (exact) mass is 283 g/mol. The van der Waals surface area contributed by atoms with Crippen molar-refractivity contribution < 1.29 is 9.53 Å². The Hall–Kier alpha value is -1.87. The number of carbonyl (C=O) groups excluding carboxylic acids is 1. The highest BCUT2D eigenvalue weighted by Crippen LogP contribution is 2.30. The number of likely N-dealkylation sites (tertiary alicyclic amines) is 1. The Morgan fingerprint density at radius 2 is 1.90 bits per heavy atom. The Kier molecular flexibility index (Phi) is 4.20. The molecule has 0 amide bonds. The molecule has 21 heavy (non-hydrogen) atoms. The molecule has 0 radical (unpaired) electrons. The van der Waals surface area contributed by atoms with Crippen LogP contribution in [0.1, 0.15) is 30.1 Å². The Balaban J connectivity index is 1.83. The molecule has 0 N–H and O–H groups in total. The molecule has 0 spiro atoms. The van der Waals surface area contributed by atoms with Crippen molar-refractivity contribution in [2.45, 2.75) is 19.8 Å². The van der Waals surface area contributed by atoms with Gasteiger partial charge in [0, 0.05) is 11.9 Å². The van der Waals surface area contributed by atoms with Crippen LogP contribution in [-0.4, -0.2) is 36.9 Å². The number of nitrogens with zero attached hydrogens (tertiary/aromatic N) is 1. The standard InChI is InChI=1S/C18H21NO2/c1-14(20)16-9-8-15-6-2-3-7-17(15)18(16)21-13-12-19-10-4-5-11-19/h2-3,6-9H,4-5,10-13H2,1H3. The lowest BCUT2D eigenvalue weighted by Crippen LogP contribution is -2.25. The Labute approximate surface area is 125 Å². The molecule has 1 saturated heterocycles. The summed E-state index contributed by atoms with van der Waals surface area (Å²) in [5, 5.41) is 2.13. The summed E-state index contributed by atoms with van der Waals surface area (Å²) >= 11 is 0. The number of ketones is 1. The van der Waals surface area contributed by atoms with E-state index in [2.05, 4.69) is 4.90 Å². The molecule has 3 rings (SSSR count). The van der Waals surface area contributed by atoms with Crippen molar-refractivity contribution in [3.8, 4) is 5.75 Å². The van der Waals surface area contributed by atoms with Crippen LogP contribution in [0.4, 0.5) is 0 Å². The van der Waals surface area contributed by atoms with E-state index in [-0.39, 0.29) is 5.78 Å². The number of fused-ring (bicyclic) bond motifs is 1. The second-order valence-electron chi connectivity index (χ2n) is 5.62. The van der Waals surface area contributed by atoms with E-state index >= 15 is 0 Å². The summed E-state index contributed by atoms with van der Waals surface area (Å²) < 4.78 is 6.01. The molecule has 0 bridgehead atoms. The number of rotatable bonds is 5. The molecule has 1 heterocycles. The lowest BCUT2D eigenvalue weighted by molar-refractivity contribution is 0.101. The summed E-state index contributed by atoms with van der Waals surface area (Å²) in [6.07, 6.45) is 2.57. The number of ether oxygens (including phenoxy) is 1. The first kappa shape index (κ1) is 14.1. The second kappa shape index (κ2) is 6.27. The van der Waals surface area contributed by atoms with Crippen LogP contribution < -0.4 is 4.74 Å². The van der Waals surface area contributed by atoms with Crippen LogP contribution in [0.3, 0.4) is 0 Å². The van der Waals surface area contributed by atoms with E-state index in [1.165, 1.54) is 25.9 Å². The van der Waals surface area contributed by atoms with Gasteiger partial charge in [0.25, 0.3) is 0 Å². The topological polar surface area (TPSA) is 29.5 Å². The highest BCUT2D eigenvalue weighted by Gasteiger charge is 2.14. The minimum atomic E-state index is 0.0527. The van der Waals surface area contributed by atoms with Crippen molar-refractivity contribution in [3.05, 3.63) is 42.0 Å². The second-order valence-corrected chi connectivity index (χ2v) is 5.62. The van der Waals surface area contributed by atoms with Gasteiger partial charge in [-0.15, -0.1) is 0 Å². The number of Topliss-reactive ketones (excluding diaryl/α,β-unsaturated/α-hetero) is 1. The van der Waals surface area contributed by atoms with Gasteiger partial charge in [-0.1, -0.05) is 30.3 Å². The third-order valence-corrected chi connectivity index (χ3v) is 4.11. The van der Waals surface area contributed by atoms with Crippen molar-refractivity contribution in [2.24, 2.45) is 0 Å². The minimum absolute atomic E-state index is 0.0527. The average molecular weight is 283 g/mol. The predicted octanol–water partition coefficient (Wildman–Crippen LogP) is 3.52. The fourth-order valence-corrected chi connectivity index (χ4v) is 2.96. The minimum Gasteiger partial charge on any atom is -0.491 e. The third kappa shape index (κ3) is 3.08. The van der Waals surface area contributed by atoms with Crippen molar-refractivity contribution in [2.75, 3.05) is 26.2 Å². The van der Waals surface area contributed by atoms with Crippen molar-refractivity contribution in [1.29, 1.82) is 0 Å². The van der Waals surface area contributed by atoms with Crippen molar-refractivity contribution in [3.63, 3.8) is 0 Å². The van der Waals surface area contributed by atoms with Gasteiger partial charge in [-0.3, -0.25) is 9.69 Å². The van der Waals surface area contributed by atoms with E-state index in [0.717, 1.165) is 23.1 Å². The first-order valence-corrected chi connectivity index (χ1v) is 7.63. The third-order valence-electron chi connectivity index (χ3n) is 4.11. The molecule has 0 aliphatic carbocycles. The molecule has 2 aromatic rings. The van der Waals surface area contributed by atoms with Crippen LogP contribution in [0.15, 0.2) is 36.4 Å². The van der Waals surface area contributed by atoms with Crippen molar-refractivity contribution >= 4 is 16.6 Å². The average Bonchev–Trinajstić information content (AvgIpc) is 3.00. The maximum atomic E-state index is 11.8. The van der Waals surface area contributed by atoms with Crippen LogP contribution in [0, 0.1) is 0 Å². The Morgan fingerprint density at radius 3 is 2.67 bits per heavy atom. The summed E-state index contributed by atoms with van der Waals surface area (Å²) in [7, 11) is 0. The van der Waals surface area contributed by atoms with Crippen LogP contribution in [-0.2, 0) is 0 Å². The Bertz CT molecular complexity index is 645. The molecular formula is C18H21NO2. The molecule has 1 fully saturated rings. The molecule has 2 aromatic carbocycles. The van der Waals surface area contributed by atoms with E-state index in [4.69, 9.17) is 4.74 Å². The number of carbonyl (C=O) groups is 1. The number of benzene rings is 2. The lowest BCUT2D eigenvalue weighted by atomic mass is 10.0. The predicted molar refractivity (Wildman–Crippen MR) is 85.1 cm³/mol. The van der Waals surface area contributed by atoms with E-state index < -0.39 is 0 Å². The maximum absolute atomic E-state index is 11.8. The van der Waals surface area contributed by atoms with Gasteiger partial charge < -0.3 is 4.74 Å². The zero-order valence-electron chi connectivity index (χ0n) is 12.5. The molecule has 0 aromatic heterocycles. The van der Waals surface area contributed by atoms with E-state index in [9.17, 15) is 4.79 Å². The quantitative estimate of drug-likeness (QED) is 0.786. The van der Waals surface area contributed by atoms with Crippen LogP contribution in [0.5, 0.6) is 5.75 Å². The fourth-order valence-electron chi connectivity index (χ4n) is 2.96. The summed E-state index contributed by atoms with van der Waals surface area (Å²) in [6.45, 7) is 5.49. The van der Waals surface area contributed by atoms with Gasteiger partial charge in [0.15, 0.2) is 5.78 Å². The molecule has 3 heteroatoms. The summed E-state index contributed by atoms with van der Waals surface area (Å²) in [5.74, 6) is 0.789. The van der Waals surface area contributed by atoms with Gasteiger partial charge in [0.05, 0.1) is 5.56 Å². The van der Waals surface area contributed by atoms with Gasteiger partial charge in [-0.2, -0.15) is 0 Å². The van der Waals surface area contributed by atoms with Gasteiger partial charge in [0.1, 0.15) is 12.4 Å². The molecule has 3 nitrogen and oxygen atoms in total. The smallest absolute Gasteiger partial charge is 0.163 e. The lowest BCUT2D eigenvalue weighted by Gasteiger charge is -2.17. The van der Waals surface area contributed by atoms with Crippen LogP contribution in [0.2, 0.25) is 0 Å². The number of hydrogen-bond donors (Lipinski definition) is 0. The highest BCUT2D eigenvalue weighted by molar-refractivity contribution is 6.03. The van der Waals surface area contributed by atoms with Crippen LogP contribution in [0.25, 0.3) is 10.8 Å². The summed E-state index contributed by atoms with van der Waals surface area (Å²) in [4.78, 5) is 14.3. The van der Waals surface area contributed by atoms with E-state index in [1.54, 1.807) is 6.92 Å². The van der Waals surface area contributed by atoms with Crippen molar-refractivity contribution in [1.82, 2.24) is 4.90 Å². The van der Waals surface area contributed by atoms with Gasteiger partial charge in [0.2, 0.25) is 0 Å². The van der Waals surface area contributed by atoms with E-state index in [0.29, 0.717) is 12.2 Å². The van der Waals surface area contributed by atoms with Gasteiger partial charge >= 0.3 is 0 Å². The zero-order chi connectivity index (χ0) is 14.7. The highest BCUT2D eigenvalue weighted by atomic mass is 16.5. The molecule has 0 saturated carbocycles. The van der Waals surface area contributed by atoms with Gasteiger partial charge in [-0.25, -0.2) is 0 Å². The zero-order valence-corrected chi connectivity index (χ0v) is 12.5. The molecule has 1 aliphatic heterocycles. The summed E-state index contributed by atoms with van der Waals surface area (Å²) in [5.41, 5.74) is 0.676. The fraction of sp³-hybridized carbons (Fsp3) is 0.389. The molecule has 0 unspecified atom stereocenters. The SMILES string of the molecule is CC(=O)c1ccc2ccccc2c1OCCN1CCCC1. The van der Waals surface area contributed by atoms with E-state index in [1.807, 2.05) is 36.4 Å². The van der Waals surface area contributed by atoms with Crippen LogP contribution >= 0.6 is 0 Å².